The molecule has 0 saturated heterocycles. The highest BCUT2D eigenvalue weighted by atomic mass is 35.5. The molecule has 0 aliphatic carbocycles. The number of nitriles is 1. The van der Waals surface area contributed by atoms with E-state index in [1.54, 1.807) is 33.5 Å². The van der Waals surface area contributed by atoms with Gasteiger partial charge in [0, 0.05) is 11.1 Å². The Morgan fingerprint density at radius 1 is 0.533 bits per heavy atom. The molecule has 0 saturated carbocycles. The summed E-state index contributed by atoms with van der Waals surface area (Å²) in [5, 5.41) is 9.18. The zero-order valence-electron chi connectivity index (χ0n) is 27.4. The first kappa shape index (κ1) is 38.2. The number of aryl methyl sites for hydroxylation is 5. The second-order valence-corrected chi connectivity index (χ2v) is 10.4. The van der Waals surface area contributed by atoms with Crippen LogP contribution in [-0.4, -0.2) is 21.3 Å². The van der Waals surface area contributed by atoms with Gasteiger partial charge in [0.2, 0.25) is 0 Å². The van der Waals surface area contributed by atoms with Crippen LogP contribution in [0.2, 0.25) is 5.02 Å². The summed E-state index contributed by atoms with van der Waals surface area (Å²) < 4.78 is 27.2. The van der Waals surface area contributed by atoms with Gasteiger partial charge in [0.1, 0.15) is 23.1 Å². The van der Waals surface area contributed by atoms with Gasteiger partial charge < -0.3 is 14.2 Å². The molecule has 0 aromatic heterocycles. The fraction of sp³-hybridized carbons (Fsp3) is 0.205. The number of hydrogen-bond acceptors (Lipinski definition) is 4. The van der Waals surface area contributed by atoms with Crippen molar-refractivity contribution in [3.63, 3.8) is 0 Å². The van der Waals surface area contributed by atoms with Gasteiger partial charge in [0.25, 0.3) is 0 Å². The molecule has 45 heavy (non-hydrogen) atoms. The smallest absolute Gasteiger partial charge is 0.125 e. The van der Waals surface area contributed by atoms with Gasteiger partial charge in [-0.25, -0.2) is 4.39 Å². The number of halogens is 2. The first-order valence-corrected chi connectivity index (χ1v) is 14.6. The number of hydrogen-bond donors (Lipinski definition) is 0. The largest absolute Gasteiger partial charge is 0.497 e. The van der Waals surface area contributed by atoms with E-state index in [-0.39, 0.29) is 5.82 Å². The average Bonchev–Trinajstić information content (AvgIpc) is 3.06. The van der Waals surface area contributed by atoms with Crippen molar-refractivity contribution < 1.29 is 18.6 Å². The van der Waals surface area contributed by atoms with Crippen molar-refractivity contribution in [1.82, 2.24) is 0 Å². The van der Waals surface area contributed by atoms with Gasteiger partial charge in [-0.05, 0) is 94.8 Å². The second-order valence-electron chi connectivity index (χ2n) is 9.92. The van der Waals surface area contributed by atoms with Crippen LogP contribution in [0, 0.1) is 51.8 Å². The molecule has 0 aliphatic heterocycles. The van der Waals surface area contributed by atoms with Crippen molar-refractivity contribution in [1.29, 1.82) is 5.26 Å². The number of methoxy groups -OCH3 is 3. The molecular weight excluding hydrogens is 585 g/mol. The van der Waals surface area contributed by atoms with Gasteiger partial charge >= 0.3 is 0 Å². The number of nitrogens with zero attached hydrogens (tertiary/aromatic N) is 1. The summed E-state index contributed by atoms with van der Waals surface area (Å²) in [5.74, 6) is 2.44. The maximum atomic E-state index is 12.1. The SMILES string of the molecule is COc1ccc(C)c(OC)c1.COc1ccc(C)cc1.Cc1ccc(C#N)cc1.Cc1ccc(Cl)cc1.Cc1ccc(F)cc1. The van der Waals surface area contributed by atoms with E-state index < -0.39 is 0 Å². The molecule has 0 atom stereocenters. The maximum absolute atomic E-state index is 12.1. The molecule has 4 nitrogen and oxygen atoms in total. The summed E-state index contributed by atoms with van der Waals surface area (Å²) in [5.41, 5.74) is 6.62. The summed E-state index contributed by atoms with van der Waals surface area (Å²) >= 11 is 5.61. The lowest BCUT2D eigenvalue weighted by atomic mass is 10.2. The van der Waals surface area contributed by atoms with Crippen molar-refractivity contribution in [2.75, 3.05) is 21.3 Å². The lowest BCUT2D eigenvalue weighted by Gasteiger charge is -2.05. The van der Waals surface area contributed by atoms with E-state index in [1.807, 2.05) is 119 Å². The molecule has 0 fully saturated rings. The summed E-state index contributed by atoms with van der Waals surface area (Å²) in [6, 6.07) is 37.4. The third-order valence-corrected chi connectivity index (χ3v) is 6.33. The fourth-order valence-corrected chi connectivity index (χ4v) is 3.42. The van der Waals surface area contributed by atoms with Crippen LogP contribution in [0.1, 0.15) is 33.4 Å². The zero-order valence-corrected chi connectivity index (χ0v) is 28.2. The number of benzene rings is 5. The molecule has 0 aliphatic rings. The van der Waals surface area contributed by atoms with Crippen LogP contribution in [0.25, 0.3) is 0 Å². The van der Waals surface area contributed by atoms with E-state index in [0.717, 1.165) is 39.0 Å². The summed E-state index contributed by atoms with van der Waals surface area (Å²) in [6.45, 7) is 10.0. The highest BCUT2D eigenvalue weighted by molar-refractivity contribution is 6.30. The Bertz CT molecular complexity index is 1460. The summed E-state index contributed by atoms with van der Waals surface area (Å²) in [6.07, 6.45) is 0. The Kier molecular flexibility index (Phi) is 18.5. The Hall–Kier alpha value is -4.79. The molecule has 0 N–H and O–H groups in total. The topological polar surface area (TPSA) is 51.5 Å². The predicted molar refractivity (Wildman–Crippen MR) is 185 cm³/mol. The van der Waals surface area contributed by atoms with Gasteiger partial charge in [0.15, 0.2) is 0 Å². The zero-order chi connectivity index (χ0) is 33.6. The van der Waals surface area contributed by atoms with Crippen LogP contribution in [0.15, 0.2) is 115 Å². The van der Waals surface area contributed by atoms with Gasteiger partial charge in [-0.3, -0.25) is 0 Å². The predicted octanol–water partition coefficient (Wildman–Crippen LogP) is 10.7. The molecule has 6 heteroatoms. The van der Waals surface area contributed by atoms with Crippen molar-refractivity contribution in [2.45, 2.75) is 34.6 Å². The fourth-order valence-electron chi connectivity index (χ4n) is 3.30. The van der Waals surface area contributed by atoms with E-state index >= 15 is 0 Å². The molecule has 5 aromatic carbocycles. The third kappa shape index (κ3) is 17.2. The summed E-state index contributed by atoms with van der Waals surface area (Å²) in [4.78, 5) is 0. The van der Waals surface area contributed by atoms with Crippen LogP contribution in [0.5, 0.6) is 17.2 Å². The lowest BCUT2D eigenvalue weighted by molar-refractivity contribution is 0.392. The minimum Gasteiger partial charge on any atom is -0.497 e. The first-order chi connectivity index (χ1) is 21.5. The molecule has 5 aromatic rings. The molecule has 0 radical (unpaired) electrons. The first-order valence-electron chi connectivity index (χ1n) is 14.2. The highest BCUT2D eigenvalue weighted by Crippen LogP contribution is 2.23. The Labute approximate surface area is 273 Å². The minimum absolute atomic E-state index is 0.171. The Morgan fingerprint density at radius 3 is 1.31 bits per heavy atom. The molecule has 0 spiro atoms. The van der Waals surface area contributed by atoms with E-state index in [4.69, 9.17) is 31.1 Å². The van der Waals surface area contributed by atoms with Crippen molar-refractivity contribution >= 4 is 11.6 Å². The molecule has 5 rings (SSSR count). The lowest BCUT2D eigenvalue weighted by Crippen LogP contribution is -1.88. The van der Waals surface area contributed by atoms with E-state index in [1.165, 1.54) is 28.8 Å². The quantitative estimate of drug-likeness (QED) is 0.200. The summed E-state index contributed by atoms with van der Waals surface area (Å²) in [7, 11) is 4.97. The van der Waals surface area contributed by atoms with Gasteiger partial charge in [-0.15, -0.1) is 0 Å². The standard InChI is InChI=1S/C9H12O2.C8H7N.C8H10O.C7H7Cl.C7H7F/c1-7-4-5-8(10-2)6-9(7)11-3;1-7-2-4-8(6-9)5-3-7;1-7-3-5-8(9-2)6-4-7;2*1-6-2-4-7(8)5-3-6/h4-6H,1-3H3;2-5H,1H3;3-6H,1-2H3;2*2-5H,1H3. The van der Waals surface area contributed by atoms with Crippen molar-refractivity contribution in [2.24, 2.45) is 0 Å². The number of ether oxygens (including phenoxy) is 3. The maximum Gasteiger partial charge on any atom is 0.125 e. The normalized spacial score (nSPS) is 9.09. The molecule has 0 bridgehead atoms. The van der Waals surface area contributed by atoms with Crippen molar-refractivity contribution in [3.05, 3.63) is 159 Å². The highest BCUT2D eigenvalue weighted by Gasteiger charge is 1.98. The second kappa shape index (κ2) is 21.8. The molecular formula is C39H43ClFNO3. The van der Waals surface area contributed by atoms with Crippen LogP contribution in [0.4, 0.5) is 4.39 Å². The monoisotopic (exact) mass is 627 g/mol. The number of rotatable bonds is 3. The van der Waals surface area contributed by atoms with Gasteiger partial charge in [-0.1, -0.05) is 88.5 Å². The van der Waals surface area contributed by atoms with E-state index in [2.05, 4.69) is 13.0 Å². The third-order valence-electron chi connectivity index (χ3n) is 6.07. The molecule has 0 amide bonds. The molecule has 0 heterocycles. The molecule has 0 unspecified atom stereocenters. The van der Waals surface area contributed by atoms with Crippen LogP contribution >= 0.6 is 11.6 Å². The molecule has 236 valence electrons. The van der Waals surface area contributed by atoms with Crippen LogP contribution in [0.3, 0.4) is 0 Å². The van der Waals surface area contributed by atoms with Crippen LogP contribution in [-0.2, 0) is 0 Å². The Morgan fingerprint density at radius 2 is 0.933 bits per heavy atom. The Balaban J connectivity index is 0.000000283. The van der Waals surface area contributed by atoms with E-state index in [9.17, 15) is 4.39 Å². The van der Waals surface area contributed by atoms with Gasteiger partial charge in [-0.2, -0.15) is 5.26 Å². The van der Waals surface area contributed by atoms with E-state index in [0.29, 0.717) is 0 Å². The van der Waals surface area contributed by atoms with Crippen molar-refractivity contribution in [3.8, 4) is 23.3 Å². The average molecular weight is 628 g/mol. The minimum atomic E-state index is -0.171. The van der Waals surface area contributed by atoms with Crippen LogP contribution < -0.4 is 14.2 Å². The van der Waals surface area contributed by atoms with Gasteiger partial charge in [0.05, 0.1) is 33.0 Å².